The van der Waals surface area contributed by atoms with Crippen LogP contribution in [0.5, 0.6) is 0 Å². The summed E-state index contributed by atoms with van der Waals surface area (Å²) < 4.78 is 1.57. The summed E-state index contributed by atoms with van der Waals surface area (Å²) in [5.41, 5.74) is 1.33. The molecule has 0 amide bonds. The summed E-state index contributed by atoms with van der Waals surface area (Å²) in [5.74, 6) is 0.532. The molecule has 0 bridgehead atoms. The Labute approximate surface area is 127 Å². The van der Waals surface area contributed by atoms with E-state index >= 15 is 0 Å². The Bertz CT molecular complexity index is 680. The van der Waals surface area contributed by atoms with E-state index in [1.807, 2.05) is 11.3 Å². The highest BCUT2D eigenvalue weighted by atomic mass is 32.1. The Kier molecular flexibility index (Phi) is 3.35. The van der Waals surface area contributed by atoms with Crippen molar-refractivity contribution in [1.82, 2.24) is 19.7 Å². The van der Waals surface area contributed by atoms with Gasteiger partial charge in [-0.15, -0.1) is 11.3 Å². The standard InChI is InChI=1S/C15H18N4OS/c20-15-5-2-6-16-19(15)9-11-7-18(8-11)10-14-17-12-3-1-4-13(12)21-14/h2,5-6,11H,1,3-4,7-10H2. The summed E-state index contributed by atoms with van der Waals surface area (Å²) >= 11 is 1.89. The highest BCUT2D eigenvalue weighted by molar-refractivity contribution is 7.11. The summed E-state index contributed by atoms with van der Waals surface area (Å²) in [6.45, 7) is 3.76. The number of fused-ring (bicyclic) bond motifs is 1. The van der Waals surface area contributed by atoms with Crippen LogP contribution < -0.4 is 5.56 Å². The average molecular weight is 302 g/mol. The van der Waals surface area contributed by atoms with Crippen molar-refractivity contribution in [2.45, 2.75) is 32.4 Å². The topological polar surface area (TPSA) is 51.0 Å². The lowest BCUT2D eigenvalue weighted by atomic mass is 10.0. The van der Waals surface area contributed by atoms with Crippen molar-refractivity contribution in [3.63, 3.8) is 0 Å². The van der Waals surface area contributed by atoms with Gasteiger partial charge in [0.05, 0.1) is 18.8 Å². The van der Waals surface area contributed by atoms with Crippen molar-refractivity contribution in [3.05, 3.63) is 44.3 Å². The zero-order chi connectivity index (χ0) is 14.2. The maximum absolute atomic E-state index is 11.6. The third-order valence-corrected chi connectivity index (χ3v) is 5.39. The second-order valence-electron chi connectivity index (χ2n) is 5.94. The van der Waals surface area contributed by atoms with E-state index in [4.69, 9.17) is 4.98 Å². The Balaban J connectivity index is 1.31. The van der Waals surface area contributed by atoms with E-state index in [1.165, 1.54) is 28.4 Å². The molecule has 5 nitrogen and oxygen atoms in total. The molecule has 1 aliphatic carbocycles. The van der Waals surface area contributed by atoms with Crippen LogP contribution in [-0.2, 0) is 25.9 Å². The summed E-state index contributed by atoms with van der Waals surface area (Å²) in [6, 6.07) is 3.26. The lowest BCUT2D eigenvalue weighted by Gasteiger charge is -2.38. The summed E-state index contributed by atoms with van der Waals surface area (Å²) in [7, 11) is 0. The molecule has 1 saturated heterocycles. The molecule has 2 aliphatic rings. The van der Waals surface area contributed by atoms with Crippen molar-refractivity contribution in [2.75, 3.05) is 13.1 Å². The summed E-state index contributed by atoms with van der Waals surface area (Å²) in [6.07, 6.45) is 5.34. The molecule has 2 aromatic rings. The average Bonchev–Trinajstić information content (AvgIpc) is 2.99. The van der Waals surface area contributed by atoms with Gasteiger partial charge in [-0.2, -0.15) is 5.10 Å². The molecule has 1 aliphatic heterocycles. The molecule has 0 atom stereocenters. The van der Waals surface area contributed by atoms with Gasteiger partial charge in [-0.1, -0.05) is 0 Å². The second kappa shape index (κ2) is 5.35. The molecule has 0 N–H and O–H groups in total. The van der Waals surface area contributed by atoms with E-state index in [0.29, 0.717) is 5.92 Å². The first-order valence-corrected chi connectivity index (χ1v) is 8.31. The predicted octanol–water partition coefficient (Wildman–Crippen LogP) is 1.32. The number of thiazole rings is 1. The van der Waals surface area contributed by atoms with Gasteiger partial charge in [0.2, 0.25) is 0 Å². The minimum absolute atomic E-state index is 0.00713. The Hall–Kier alpha value is -1.53. The molecular weight excluding hydrogens is 284 g/mol. The van der Waals surface area contributed by atoms with Gasteiger partial charge in [-0.3, -0.25) is 9.69 Å². The molecule has 6 heteroatoms. The molecule has 4 rings (SSSR count). The van der Waals surface area contributed by atoms with Crippen LogP contribution in [0.25, 0.3) is 0 Å². The van der Waals surface area contributed by atoms with Crippen LogP contribution in [0.4, 0.5) is 0 Å². The van der Waals surface area contributed by atoms with Crippen molar-refractivity contribution in [2.24, 2.45) is 5.92 Å². The van der Waals surface area contributed by atoms with Gasteiger partial charge in [0.25, 0.3) is 5.56 Å². The van der Waals surface area contributed by atoms with Crippen molar-refractivity contribution >= 4 is 11.3 Å². The van der Waals surface area contributed by atoms with E-state index in [9.17, 15) is 4.79 Å². The van der Waals surface area contributed by atoms with E-state index in [2.05, 4.69) is 10.00 Å². The second-order valence-corrected chi connectivity index (χ2v) is 7.10. The van der Waals surface area contributed by atoms with Crippen molar-refractivity contribution < 1.29 is 0 Å². The molecule has 21 heavy (non-hydrogen) atoms. The SMILES string of the molecule is O=c1cccnn1CC1CN(Cc2nc3c(s2)CCC3)C1. The highest BCUT2D eigenvalue weighted by Crippen LogP contribution is 2.29. The van der Waals surface area contributed by atoms with E-state index < -0.39 is 0 Å². The largest absolute Gasteiger partial charge is 0.296 e. The zero-order valence-corrected chi connectivity index (χ0v) is 12.7. The fourth-order valence-electron chi connectivity index (χ4n) is 3.19. The molecule has 110 valence electrons. The molecule has 3 heterocycles. The normalized spacial score (nSPS) is 18.7. The van der Waals surface area contributed by atoms with Crippen LogP contribution in [0.2, 0.25) is 0 Å². The first-order valence-electron chi connectivity index (χ1n) is 7.50. The number of rotatable bonds is 4. The zero-order valence-electron chi connectivity index (χ0n) is 11.9. The number of hydrogen-bond donors (Lipinski definition) is 0. The number of aromatic nitrogens is 3. The number of aryl methyl sites for hydroxylation is 2. The Morgan fingerprint density at radius 3 is 3.05 bits per heavy atom. The van der Waals surface area contributed by atoms with Crippen LogP contribution in [-0.4, -0.2) is 32.8 Å². The monoisotopic (exact) mass is 302 g/mol. The highest BCUT2D eigenvalue weighted by Gasteiger charge is 2.28. The quantitative estimate of drug-likeness (QED) is 0.855. The first kappa shape index (κ1) is 13.2. The summed E-state index contributed by atoms with van der Waals surface area (Å²) in [4.78, 5) is 20.3. The number of nitrogens with zero attached hydrogens (tertiary/aromatic N) is 4. The maximum Gasteiger partial charge on any atom is 0.266 e. The van der Waals surface area contributed by atoms with Gasteiger partial charge < -0.3 is 0 Å². The Morgan fingerprint density at radius 1 is 1.33 bits per heavy atom. The van der Waals surface area contributed by atoms with Gasteiger partial charge in [-0.25, -0.2) is 9.67 Å². The van der Waals surface area contributed by atoms with Gasteiger partial charge >= 0.3 is 0 Å². The molecule has 0 aromatic carbocycles. The number of likely N-dealkylation sites (tertiary alicyclic amines) is 1. The third kappa shape index (κ3) is 2.65. The third-order valence-electron chi connectivity index (χ3n) is 4.25. The smallest absolute Gasteiger partial charge is 0.266 e. The fraction of sp³-hybridized carbons (Fsp3) is 0.533. The molecule has 0 saturated carbocycles. The van der Waals surface area contributed by atoms with Gasteiger partial charge in [-0.05, 0) is 25.3 Å². The predicted molar refractivity (Wildman–Crippen MR) is 81.4 cm³/mol. The van der Waals surface area contributed by atoms with Crippen LogP contribution in [0.3, 0.4) is 0 Å². The van der Waals surface area contributed by atoms with Crippen molar-refractivity contribution in [3.8, 4) is 0 Å². The van der Waals surface area contributed by atoms with E-state index in [0.717, 1.165) is 32.6 Å². The molecule has 2 aromatic heterocycles. The van der Waals surface area contributed by atoms with Crippen LogP contribution in [0.15, 0.2) is 23.1 Å². The fourth-order valence-corrected chi connectivity index (χ4v) is 4.39. The van der Waals surface area contributed by atoms with Crippen molar-refractivity contribution in [1.29, 1.82) is 0 Å². The van der Waals surface area contributed by atoms with E-state index in [-0.39, 0.29) is 5.56 Å². The minimum atomic E-state index is -0.00713. The van der Waals surface area contributed by atoms with Crippen LogP contribution in [0.1, 0.15) is 22.0 Å². The lowest BCUT2D eigenvalue weighted by Crippen LogP contribution is -2.48. The number of hydrogen-bond acceptors (Lipinski definition) is 5. The minimum Gasteiger partial charge on any atom is -0.296 e. The molecule has 0 unspecified atom stereocenters. The van der Waals surface area contributed by atoms with Gasteiger partial charge in [0.15, 0.2) is 0 Å². The summed E-state index contributed by atoms with van der Waals surface area (Å²) in [5, 5.41) is 5.38. The van der Waals surface area contributed by atoms with E-state index in [1.54, 1.807) is 23.0 Å². The van der Waals surface area contributed by atoms with Crippen LogP contribution in [0, 0.1) is 5.92 Å². The maximum atomic E-state index is 11.6. The lowest BCUT2D eigenvalue weighted by molar-refractivity contribution is 0.0765. The molecule has 0 spiro atoms. The molecular formula is C15H18N4OS. The first-order chi connectivity index (χ1) is 10.3. The van der Waals surface area contributed by atoms with Gasteiger partial charge in [0, 0.05) is 36.1 Å². The molecule has 1 fully saturated rings. The molecule has 0 radical (unpaired) electrons. The Morgan fingerprint density at radius 2 is 2.24 bits per heavy atom. The van der Waals surface area contributed by atoms with Crippen LogP contribution >= 0.6 is 11.3 Å². The van der Waals surface area contributed by atoms with Gasteiger partial charge in [0.1, 0.15) is 5.01 Å².